The van der Waals surface area contributed by atoms with Crippen molar-refractivity contribution >= 4 is 21.2 Å². The number of H-pyrrole nitrogens is 1. The third kappa shape index (κ3) is 5.13. The van der Waals surface area contributed by atoms with Crippen molar-refractivity contribution < 1.29 is 18.3 Å². The highest BCUT2D eigenvalue weighted by atomic mass is 32.2. The Labute approximate surface area is 195 Å². The van der Waals surface area contributed by atoms with E-state index in [4.69, 9.17) is 6.42 Å². The van der Waals surface area contributed by atoms with Crippen LogP contribution in [0.5, 0.6) is 0 Å². The standard InChI is InChI=1S/C26H30N2O4S/c1-4-21-17-27-24(28-21)23(29)15-19-5-6-20(26(30)11-13-33(31,32)14-12-26)16-22(19)18-7-9-25(2,3)10-8-18/h1,5-7,16-17,30H,8-15H2,2-3H3,(H,27,28). The molecule has 174 valence electrons. The highest BCUT2D eigenvalue weighted by Gasteiger charge is 2.37. The summed E-state index contributed by atoms with van der Waals surface area (Å²) in [7, 11) is -3.10. The first-order valence-electron chi connectivity index (χ1n) is 11.3. The molecule has 0 atom stereocenters. The second kappa shape index (κ2) is 8.58. The lowest BCUT2D eigenvalue weighted by Crippen LogP contribution is -2.37. The minimum atomic E-state index is -3.10. The van der Waals surface area contributed by atoms with E-state index < -0.39 is 15.4 Å². The molecule has 0 unspecified atom stereocenters. The number of aliphatic hydroxyl groups is 1. The van der Waals surface area contributed by atoms with E-state index in [2.05, 4.69) is 35.8 Å². The first-order valence-corrected chi connectivity index (χ1v) is 13.1. The number of rotatable bonds is 5. The Morgan fingerprint density at radius 3 is 2.58 bits per heavy atom. The van der Waals surface area contributed by atoms with Gasteiger partial charge in [-0.15, -0.1) is 6.42 Å². The van der Waals surface area contributed by atoms with Crippen molar-refractivity contribution in [1.29, 1.82) is 0 Å². The van der Waals surface area contributed by atoms with Gasteiger partial charge in [0.25, 0.3) is 0 Å². The van der Waals surface area contributed by atoms with E-state index in [0.717, 1.165) is 36.0 Å². The molecule has 0 bridgehead atoms. The Hall–Kier alpha value is -2.69. The summed E-state index contributed by atoms with van der Waals surface area (Å²) in [4.78, 5) is 19.9. The minimum Gasteiger partial charge on any atom is -0.385 e. The van der Waals surface area contributed by atoms with E-state index in [0.29, 0.717) is 11.3 Å². The van der Waals surface area contributed by atoms with Crippen LogP contribution in [0.2, 0.25) is 0 Å². The topological polar surface area (TPSA) is 100 Å². The Balaban J connectivity index is 1.69. The Bertz CT molecular complexity index is 1250. The van der Waals surface area contributed by atoms with Crippen molar-refractivity contribution in [2.45, 2.75) is 58.0 Å². The van der Waals surface area contributed by atoms with Crippen LogP contribution in [0.4, 0.5) is 0 Å². The summed E-state index contributed by atoms with van der Waals surface area (Å²) >= 11 is 0. The molecule has 2 N–H and O–H groups in total. The molecule has 2 aromatic rings. The summed E-state index contributed by atoms with van der Waals surface area (Å²) in [6.45, 7) is 4.48. The van der Waals surface area contributed by atoms with Gasteiger partial charge in [0.15, 0.2) is 15.7 Å². The minimum absolute atomic E-state index is 0.0219. The fourth-order valence-electron chi connectivity index (χ4n) is 4.60. The number of Topliss-reactive ketones (excluding diaryl/α,β-unsaturated/α-hetero) is 1. The highest BCUT2D eigenvalue weighted by molar-refractivity contribution is 7.91. The van der Waals surface area contributed by atoms with Gasteiger partial charge < -0.3 is 10.1 Å². The first kappa shape index (κ1) is 23.5. The molecule has 1 aromatic carbocycles. The maximum atomic E-state index is 12.9. The van der Waals surface area contributed by atoms with Crippen molar-refractivity contribution in [2.24, 2.45) is 5.41 Å². The van der Waals surface area contributed by atoms with Crippen LogP contribution in [0.1, 0.15) is 79.0 Å². The van der Waals surface area contributed by atoms with E-state index in [1.807, 2.05) is 18.2 Å². The van der Waals surface area contributed by atoms with Gasteiger partial charge in [0.05, 0.1) is 23.3 Å². The average molecular weight is 467 g/mol. The third-order valence-electron chi connectivity index (χ3n) is 6.97. The number of aromatic nitrogens is 2. The molecule has 1 aliphatic carbocycles. The van der Waals surface area contributed by atoms with Gasteiger partial charge in [0.1, 0.15) is 5.69 Å². The Morgan fingerprint density at radius 2 is 1.97 bits per heavy atom. The normalized spacial score (nSPS) is 21.1. The predicted octanol–water partition coefficient (Wildman–Crippen LogP) is 3.81. The summed E-state index contributed by atoms with van der Waals surface area (Å²) in [5.41, 5.74) is 3.19. The van der Waals surface area contributed by atoms with Crippen LogP contribution in [-0.4, -0.2) is 40.8 Å². The number of nitrogens with one attached hydrogen (secondary N) is 1. The number of benzene rings is 1. The van der Waals surface area contributed by atoms with Crippen LogP contribution in [0.25, 0.3) is 5.57 Å². The summed E-state index contributed by atoms with van der Waals surface area (Å²) in [5, 5.41) is 11.3. The molecule has 7 heteroatoms. The number of ketones is 1. The maximum absolute atomic E-state index is 12.9. The lowest BCUT2D eigenvalue weighted by atomic mass is 9.75. The Morgan fingerprint density at radius 1 is 1.24 bits per heavy atom. The molecule has 1 fully saturated rings. The van der Waals surface area contributed by atoms with Gasteiger partial charge in [0.2, 0.25) is 5.78 Å². The molecule has 0 amide bonds. The molecule has 4 rings (SSSR count). The number of terminal acetylenes is 1. The summed E-state index contributed by atoms with van der Waals surface area (Å²) in [6, 6.07) is 5.67. The van der Waals surface area contributed by atoms with Crippen LogP contribution < -0.4 is 0 Å². The number of hydrogen-bond acceptors (Lipinski definition) is 5. The molecule has 1 aliphatic heterocycles. The van der Waals surface area contributed by atoms with Crippen molar-refractivity contribution in [3.05, 3.63) is 58.7 Å². The molecule has 2 heterocycles. The number of imidazole rings is 1. The van der Waals surface area contributed by atoms with Crippen molar-refractivity contribution in [3.63, 3.8) is 0 Å². The number of hydrogen-bond donors (Lipinski definition) is 2. The van der Waals surface area contributed by atoms with E-state index in [-0.39, 0.29) is 47.8 Å². The van der Waals surface area contributed by atoms with Crippen molar-refractivity contribution in [1.82, 2.24) is 9.97 Å². The van der Waals surface area contributed by atoms with Crippen LogP contribution >= 0.6 is 0 Å². The molecular weight excluding hydrogens is 436 g/mol. The fraction of sp³-hybridized carbons (Fsp3) is 0.462. The maximum Gasteiger partial charge on any atom is 0.202 e. The first-order chi connectivity index (χ1) is 15.5. The SMILES string of the molecule is C#Cc1cnc(C(=O)Cc2ccc(C3(O)CCS(=O)(=O)CC3)cc2C2=CCC(C)(C)CC2)[nH]1. The van der Waals surface area contributed by atoms with Crippen LogP contribution in [0, 0.1) is 17.8 Å². The zero-order chi connectivity index (χ0) is 23.9. The number of carbonyl (C=O) groups is 1. The van der Waals surface area contributed by atoms with Gasteiger partial charge in [-0.3, -0.25) is 4.79 Å². The molecule has 2 aliphatic rings. The van der Waals surface area contributed by atoms with Crippen LogP contribution in [-0.2, 0) is 21.9 Å². The summed E-state index contributed by atoms with van der Waals surface area (Å²) < 4.78 is 23.8. The smallest absolute Gasteiger partial charge is 0.202 e. The molecule has 0 radical (unpaired) electrons. The molecule has 6 nitrogen and oxygen atoms in total. The second-order valence-corrected chi connectivity index (χ2v) is 12.3. The number of sulfone groups is 1. The monoisotopic (exact) mass is 466 g/mol. The average Bonchev–Trinajstić information content (AvgIpc) is 3.26. The van der Waals surface area contributed by atoms with Gasteiger partial charge in [-0.25, -0.2) is 13.4 Å². The highest BCUT2D eigenvalue weighted by Crippen LogP contribution is 2.41. The third-order valence-corrected chi connectivity index (χ3v) is 8.62. The van der Waals surface area contributed by atoms with E-state index in [9.17, 15) is 18.3 Å². The fourth-order valence-corrected chi connectivity index (χ4v) is 6.10. The number of allylic oxidation sites excluding steroid dienone is 2. The molecule has 0 saturated carbocycles. The second-order valence-electron chi connectivity index (χ2n) is 10.0. The lowest BCUT2D eigenvalue weighted by Gasteiger charge is -2.34. The largest absolute Gasteiger partial charge is 0.385 e. The van der Waals surface area contributed by atoms with Gasteiger partial charge in [-0.1, -0.05) is 38.0 Å². The lowest BCUT2D eigenvalue weighted by molar-refractivity contribution is 0.0263. The van der Waals surface area contributed by atoms with Crippen LogP contribution in [0.15, 0.2) is 30.5 Å². The van der Waals surface area contributed by atoms with Gasteiger partial charge in [0, 0.05) is 6.42 Å². The predicted molar refractivity (Wildman–Crippen MR) is 128 cm³/mol. The zero-order valence-electron chi connectivity index (χ0n) is 19.1. The van der Waals surface area contributed by atoms with E-state index in [1.165, 1.54) is 6.20 Å². The molecular formula is C26H30N2O4S. The summed E-state index contributed by atoms with van der Waals surface area (Å²) in [6.07, 6.45) is 12.4. The van der Waals surface area contributed by atoms with Crippen molar-refractivity contribution in [3.8, 4) is 12.3 Å². The van der Waals surface area contributed by atoms with Gasteiger partial charge in [-0.05, 0) is 65.8 Å². The summed E-state index contributed by atoms with van der Waals surface area (Å²) in [5.74, 6) is 2.46. The zero-order valence-corrected chi connectivity index (χ0v) is 20.0. The molecule has 0 spiro atoms. The van der Waals surface area contributed by atoms with E-state index >= 15 is 0 Å². The molecule has 1 aromatic heterocycles. The van der Waals surface area contributed by atoms with Gasteiger partial charge in [-0.2, -0.15) is 0 Å². The van der Waals surface area contributed by atoms with Gasteiger partial charge >= 0.3 is 0 Å². The Kier molecular flexibility index (Phi) is 6.10. The van der Waals surface area contributed by atoms with Crippen LogP contribution in [0.3, 0.4) is 0 Å². The molecule has 33 heavy (non-hydrogen) atoms. The van der Waals surface area contributed by atoms with E-state index in [1.54, 1.807) is 0 Å². The van der Waals surface area contributed by atoms with Crippen molar-refractivity contribution in [2.75, 3.05) is 11.5 Å². The molecule has 1 saturated heterocycles. The quantitative estimate of drug-likeness (QED) is 0.516. The number of carbonyl (C=O) groups excluding carboxylic acids is 1. The number of aromatic amines is 1. The number of nitrogens with zero attached hydrogens (tertiary/aromatic N) is 1.